The van der Waals surface area contributed by atoms with E-state index in [1.54, 1.807) is 0 Å². The van der Waals surface area contributed by atoms with Crippen molar-refractivity contribution < 1.29 is 0 Å². The lowest BCUT2D eigenvalue weighted by Gasteiger charge is -2.36. The Bertz CT molecular complexity index is 376. The Morgan fingerprint density at radius 1 is 1.05 bits per heavy atom. The summed E-state index contributed by atoms with van der Waals surface area (Å²) in [5.41, 5.74) is 0. The molecule has 0 bridgehead atoms. The highest BCUT2D eigenvalue weighted by atomic mass is 32.2. The highest BCUT2D eigenvalue weighted by molar-refractivity contribution is 8.01. The number of thioether (sulfide) groups is 1. The number of rotatable bonds is 5. The molecule has 0 aliphatic heterocycles. The average molecular weight is 293 g/mol. The second kappa shape index (κ2) is 6.49. The van der Waals surface area contributed by atoms with Gasteiger partial charge in [0.15, 0.2) is 0 Å². The summed E-state index contributed by atoms with van der Waals surface area (Å²) in [4.78, 5) is 2.30. The summed E-state index contributed by atoms with van der Waals surface area (Å²) in [6.07, 6.45) is 5.86. The SMILES string of the molecule is CC(C1CCCC1)C(Sc1ccccc1)[Si](C)(C)C. The fraction of sp³-hybridized carbons (Fsp3) is 0.647. The van der Waals surface area contributed by atoms with Gasteiger partial charge in [-0.2, -0.15) is 0 Å². The van der Waals surface area contributed by atoms with Crippen LogP contribution in [-0.4, -0.2) is 12.9 Å². The third-order valence-electron chi connectivity index (χ3n) is 4.48. The molecule has 0 heterocycles. The first kappa shape index (κ1) is 15.2. The second-order valence-electron chi connectivity index (χ2n) is 7.12. The Morgan fingerprint density at radius 2 is 1.63 bits per heavy atom. The molecule has 1 aliphatic rings. The molecule has 0 amide bonds. The quantitative estimate of drug-likeness (QED) is 0.484. The number of hydrogen-bond acceptors (Lipinski definition) is 1. The van der Waals surface area contributed by atoms with Crippen LogP contribution in [0.3, 0.4) is 0 Å². The second-order valence-corrected chi connectivity index (χ2v) is 14.1. The minimum Gasteiger partial charge on any atom is -0.126 e. The molecule has 0 aromatic heterocycles. The van der Waals surface area contributed by atoms with E-state index in [2.05, 4.69) is 68.7 Å². The van der Waals surface area contributed by atoms with Crippen LogP contribution < -0.4 is 0 Å². The number of benzene rings is 1. The van der Waals surface area contributed by atoms with E-state index in [4.69, 9.17) is 0 Å². The van der Waals surface area contributed by atoms with E-state index in [9.17, 15) is 0 Å². The van der Waals surface area contributed by atoms with Crippen LogP contribution >= 0.6 is 11.8 Å². The molecule has 0 N–H and O–H groups in total. The molecule has 1 fully saturated rings. The van der Waals surface area contributed by atoms with Crippen molar-refractivity contribution in [2.75, 3.05) is 0 Å². The van der Waals surface area contributed by atoms with Gasteiger partial charge in [-0.1, -0.05) is 70.4 Å². The standard InChI is InChI=1S/C17H28SSi/c1-14(15-10-8-9-11-15)17(19(2,3)4)18-16-12-6-5-7-13-16/h5-7,12-15,17H,8-11H2,1-4H3. The van der Waals surface area contributed by atoms with Gasteiger partial charge in [0.1, 0.15) is 0 Å². The first-order valence-electron chi connectivity index (χ1n) is 7.70. The van der Waals surface area contributed by atoms with Crippen LogP contribution in [0.4, 0.5) is 0 Å². The fourth-order valence-electron chi connectivity index (χ4n) is 3.45. The third-order valence-corrected chi connectivity index (χ3v) is 10.4. The van der Waals surface area contributed by atoms with Gasteiger partial charge in [-0.25, -0.2) is 0 Å². The van der Waals surface area contributed by atoms with E-state index in [1.165, 1.54) is 30.6 Å². The minimum absolute atomic E-state index is 0.845. The van der Waals surface area contributed by atoms with Crippen molar-refractivity contribution in [3.05, 3.63) is 30.3 Å². The molecule has 1 aromatic carbocycles. The zero-order valence-electron chi connectivity index (χ0n) is 12.9. The molecular formula is C17H28SSi. The summed E-state index contributed by atoms with van der Waals surface area (Å²) in [5, 5.41) is 0. The van der Waals surface area contributed by atoms with Crippen molar-refractivity contribution in [3.8, 4) is 0 Å². The van der Waals surface area contributed by atoms with Gasteiger partial charge < -0.3 is 0 Å². The van der Waals surface area contributed by atoms with Crippen molar-refractivity contribution >= 4 is 19.8 Å². The Kier molecular flexibility index (Phi) is 5.19. The van der Waals surface area contributed by atoms with Gasteiger partial charge in [0.2, 0.25) is 0 Å². The molecule has 0 nitrogen and oxygen atoms in total. The summed E-state index contributed by atoms with van der Waals surface area (Å²) in [6.45, 7) is 10.1. The average Bonchev–Trinajstić information content (AvgIpc) is 2.89. The van der Waals surface area contributed by atoms with E-state index >= 15 is 0 Å². The Morgan fingerprint density at radius 3 is 2.16 bits per heavy atom. The molecule has 1 saturated carbocycles. The normalized spacial score (nSPS) is 20.4. The van der Waals surface area contributed by atoms with Gasteiger partial charge >= 0.3 is 0 Å². The van der Waals surface area contributed by atoms with Crippen LogP contribution in [0.5, 0.6) is 0 Å². The van der Waals surface area contributed by atoms with E-state index < -0.39 is 8.07 Å². The summed E-state index contributed by atoms with van der Waals surface area (Å²) in [6, 6.07) is 11.0. The van der Waals surface area contributed by atoms with Gasteiger partial charge in [0.25, 0.3) is 0 Å². The molecule has 0 radical (unpaired) electrons. The first-order chi connectivity index (χ1) is 8.98. The summed E-state index contributed by atoms with van der Waals surface area (Å²) >= 11 is 2.15. The lowest BCUT2D eigenvalue weighted by atomic mass is 9.94. The van der Waals surface area contributed by atoms with E-state index in [0.717, 1.165) is 16.7 Å². The Hall–Kier alpha value is -0.213. The molecule has 1 aromatic rings. The van der Waals surface area contributed by atoms with E-state index in [0.29, 0.717) is 0 Å². The summed E-state index contributed by atoms with van der Waals surface area (Å²) < 4.78 is 0. The van der Waals surface area contributed by atoms with Gasteiger partial charge in [0.05, 0.1) is 8.07 Å². The fourth-order valence-corrected chi connectivity index (χ4v) is 8.17. The van der Waals surface area contributed by atoms with Gasteiger partial charge in [-0.3, -0.25) is 0 Å². The Balaban J connectivity index is 2.12. The molecule has 2 rings (SSSR count). The molecule has 2 heteroatoms. The lowest BCUT2D eigenvalue weighted by molar-refractivity contribution is 0.384. The Labute approximate surface area is 124 Å². The van der Waals surface area contributed by atoms with Crippen molar-refractivity contribution in [3.63, 3.8) is 0 Å². The molecule has 2 unspecified atom stereocenters. The van der Waals surface area contributed by atoms with Crippen LogP contribution in [0.2, 0.25) is 19.6 Å². The first-order valence-corrected chi connectivity index (χ1v) is 12.2. The molecule has 0 spiro atoms. The monoisotopic (exact) mass is 292 g/mol. The van der Waals surface area contributed by atoms with E-state index in [1.807, 2.05) is 0 Å². The van der Waals surface area contributed by atoms with E-state index in [-0.39, 0.29) is 0 Å². The molecule has 2 atom stereocenters. The summed E-state index contributed by atoms with van der Waals surface area (Å²) in [7, 11) is -1.14. The largest absolute Gasteiger partial charge is 0.126 e. The maximum Gasteiger partial charge on any atom is 0.0595 e. The topological polar surface area (TPSA) is 0 Å². The van der Waals surface area contributed by atoms with Gasteiger partial charge in [0, 0.05) is 9.77 Å². The number of hydrogen-bond donors (Lipinski definition) is 0. The molecular weight excluding hydrogens is 264 g/mol. The van der Waals surface area contributed by atoms with Gasteiger partial charge in [-0.05, 0) is 24.0 Å². The van der Waals surface area contributed by atoms with Crippen LogP contribution in [0, 0.1) is 11.8 Å². The highest BCUT2D eigenvalue weighted by Crippen LogP contribution is 2.42. The smallest absolute Gasteiger partial charge is 0.0595 e. The minimum atomic E-state index is -1.14. The van der Waals surface area contributed by atoms with Crippen molar-refractivity contribution in [1.82, 2.24) is 0 Å². The van der Waals surface area contributed by atoms with Crippen LogP contribution in [0.1, 0.15) is 32.6 Å². The lowest BCUT2D eigenvalue weighted by Crippen LogP contribution is -2.42. The van der Waals surface area contributed by atoms with Crippen LogP contribution in [-0.2, 0) is 0 Å². The molecule has 19 heavy (non-hydrogen) atoms. The summed E-state index contributed by atoms with van der Waals surface area (Å²) in [5.74, 6) is 1.85. The molecule has 106 valence electrons. The van der Waals surface area contributed by atoms with Gasteiger partial charge in [-0.15, -0.1) is 11.8 Å². The predicted molar refractivity (Wildman–Crippen MR) is 90.6 cm³/mol. The van der Waals surface area contributed by atoms with Crippen molar-refractivity contribution in [2.45, 2.75) is 62.0 Å². The van der Waals surface area contributed by atoms with Crippen LogP contribution in [0.25, 0.3) is 0 Å². The van der Waals surface area contributed by atoms with Crippen molar-refractivity contribution in [2.24, 2.45) is 11.8 Å². The predicted octanol–water partition coefficient (Wildman–Crippen LogP) is 5.85. The molecule has 0 saturated heterocycles. The molecule has 1 aliphatic carbocycles. The van der Waals surface area contributed by atoms with Crippen molar-refractivity contribution in [1.29, 1.82) is 0 Å². The zero-order chi connectivity index (χ0) is 13.9. The van der Waals surface area contributed by atoms with Crippen LogP contribution in [0.15, 0.2) is 35.2 Å². The maximum absolute atomic E-state index is 2.54. The third kappa shape index (κ3) is 4.12. The zero-order valence-corrected chi connectivity index (χ0v) is 14.7. The highest BCUT2D eigenvalue weighted by Gasteiger charge is 2.36. The maximum atomic E-state index is 2.54.